The van der Waals surface area contributed by atoms with E-state index in [0.29, 0.717) is 113 Å². The molecule has 3 heterocycles. The fraction of sp³-hybridized carbons (Fsp3) is 0.518. The van der Waals surface area contributed by atoms with Crippen LogP contribution in [0.4, 0.5) is 17.1 Å². The van der Waals surface area contributed by atoms with Gasteiger partial charge in [0.1, 0.15) is 37.4 Å². The fourth-order valence-corrected chi connectivity index (χ4v) is 11.5. The highest BCUT2D eigenvalue weighted by atomic mass is 32.2. The van der Waals surface area contributed by atoms with E-state index in [1.165, 1.54) is 6.42 Å². The summed E-state index contributed by atoms with van der Waals surface area (Å²) in [7, 11) is -10.5. The fourth-order valence-electron chi connectivity index (χ4n) is 9.09. The van der Waals surface area contributed by atoms with Gasteiger partial charge < -0.3 is 18.9 Å². The molecule has 8 rings (SSSR count). The molecule has 1 aliphatic carbocycles. The Kier molecular flexibility index (Phi) is 19.5. The number of benzene rings is 4. The Morgan fingerprint density at radius 1 is 0.520 bits per heavy atom. The van der Waals surface area contributed by atoms with Gasteiger partial charge in [0.15, 0.2) is 0 Å². The van der Waals surface area contributed by atoms with Crippen LogP contribution < -0.4 is 18.9 Å². The maximum absolute atomic E-state index is 13.4. The number of para-hydroxylation sites is 3. The average Bonchev–Trinajstić information content (AvgIpc) is 4.14. The van der Waals surface area contributed by atoms with Crippen molar-refractivity contribution in [2.45, 2.75) is 125 Å². The molecule has 4 aliphatic rings. The van der Waals surface area contributed by atoms with E-state index in [1.54, 1.807) is 30.3 Å². The van der Waals surface area contributed by atoms with E-state index in [1.807, 2.05) is 68.4 Å². The molecule has 4 aromatic rings. The minimum atomic E-state index is -3.84. The summed E-state index contributed by atoms with van der Waals surface area (Å²) in [5.41, 5.74) is 5.14. The van der Waals surface area contributed by atoms with Crippen molar-refractivity contribution >= 4 is 64.8 Å². The molecule has 75 heavy (non-hydrogen) atoms. The van der Waals surface area contributed by atoms with Crippen LogP contribution in [0.3, 0.4) is 0 Å². The third-order valence-corrected chi connectivity index (χ3v) is 16.2. The lowest BCUT2D eigenvalue weighted by atomic mass is 9.75. The summed E-state index contributed by atoms with van der Waals surface area (Å²) in [5.74, 6) is 4.57. The molecule has 410 valence electrons. The van der Waals surface area contributed by atoms with Crippen molar-refractivity contribution in [3.63, 3.8) is 0 Å². The van der Waals surface area contributed by atoms with Crippen LogP contribution in [0.5, 0.6) is 5.75 Å². The van der Waals surface area contributed by atoms with Gasteiger partial charge in [-0.2, -0.15) is 0 Å². The average molecular weight is 1090 g/mol. The molecule has 0 aromatic heterocycles. The molecule has 19 heteroatoms. The second kappa shape index (κ2) is 25.0. The molecule has 0 radical (unpaired) electrons. The smallest absolute Gasteiger partial charge is 0.262 e. The summed E-state index contributed by atoms with van der Waals surface area (Å²) >= 11 is 0. The first-order chi connectivity index (χ1) is 35.2. The van der Waals surface area contributed by atoms with E-state index < -0.39 is 30.1 Å². The number of nitrogens with one attached hydrogen (secondary N) is 3. The first-order valence-electron chi connectivity index (χ1n) is 25.9. The standard InChI is InChI=1S/C28H38N2O4S.2C14H20N2O3S/c1-18(2)22-15-14-20(5)16-26(22)34-25-13-9-12-23(28-29-24(17-33-28)19(3)4)27(25)30-35(31,32)21-10-7-6-8-11-21;2*1-9(2)12-8-19-14(15-12)11-7-5-6-10(3)13(11)16-20(4,17)18/h6-13,18-20,22,24,26,30H,14-17H2,1-5H3;2*5-7,9,12,16H,8H2,1-4H3/t20-,22+,24+,26-;2*12-/m010/s1. The zero-order valence-corrected chi connectivity index (χ0v) is 48.2. The van der Waals surface area contributed by atoms with Crippen LogP contribution in [0.25, 0.3) is 0 Å². The van der Waals surface area contributed by atoms with Gasteiger partial charge in [-0.3, -0.25) is 14.2 Å². The molecule has 6 atom stereocenters. The Labute approximate surface area is 446 Å². The molecule has 0 unspecified atom stereocenters. The summed E-state index contributed by atoms with van der Waals surface area (Å²) < 4.78 is 105. The monoisotopic (exact) mass is 1090 g/mol. The van der Waals surface area contributed by atoms with Crippen LogP contribution in [0.15, 0.2) is 105 Å². The number of nitrogens with zero attached hydrogens (tertiary/aromatic N) is 3. The number of hydrogen-bond acceptors (Lipinski definition) is 13. The Balaban J connectivity index is 0.000000196. The van der Waals surface area contributed by atoms with Crippen molar-refractivity contribution in [2.24, 2.45) is 50.5 Å². The second-order valence-corrected chi connectivity index (χ2v) is 26.7. The van der Waals surface area contributed by atoms with Gasteiger partial charge in [0.25, 0.3) is 10.0 Å². The number of aliphatic imine (C=N–C) groups is 3. The lowest BCUT2D eigenvalue weighted by molar-refractivity contribution is 0.0465. The highest BCUT2D eigenvalue weighted by Gasteiger charge is 2.35. The number of sulfonamides is 3. The molecule has 1 fully saturated rings. The van der Waals surface area contributed by atoms with Crippen molar-refractivity contribution in [1.82, 2.24) is 0 Å². The molecule has 4 aromatic carbocycles. The molecule has 0 amide bonds. The molecule has 0 spiro atoms. The highest BCUT2D eigenvalue weighted by molar-refractivity contribution is 7.93. The van der Waals surface area contributed by atoms with Gasteiger partial charge in [0.2, 0.25) is 37.7 Å². The van der Waals surface area contributed by atoms with Gasteiger partial charge in [0, 0.05) is 0 Å². The largest absolute Gasteiger partial charge is 0.488 e. The third-order valence-electron chi connectivity index (χ3n) is 13.7. The number of hydrogen-bond donors (Lipinski definition) is 3. The van der Waals surface area contributed by atoms with Crippen LogP contribution in [0, 0.1) is 49.4 Å². The van der Waals surface area contributed by atoms with Crippen molar-refractivity contribution in [3.8, 4) is 5.75 Å². The summed E-state index contributed by atoms with van der Waals surface area (Å²) in [6.07, 6.45) is 5.54. The van der Waals surface area contributed by atoms with Crippen LogP contribution in [0.2, 0.25) is 0 Å². The molecular formula is C56H78N6O10S3. The summed E-state index contributed by atoms with van der Waals surface area (Å²) in [6, 6.07) is 25.3. The maximum atomic E-state index is 13.4. The van der Waals surface area contributed by atoms with Gasteiger partial charge in [-0.1, -0.05) is 117 Å². The van der Waals surface area contributed by atoms with Crippen LogP contribution in [-0.2, 0) is 44.3 Å². The van der Waals surface area contributed by atoms with E-state index in [4.69, 9.17) is 23.9 Å². The first-order valence-corrected chi connectivity index (χ1v) is 31.1. The lowest BCUT2D eigenvalue weighted by Gasteiger charge is -2.37. The van der Waals surface area contributed by atoms with E-state index in [-0.39, 0.29) is 29.1 Å². The Hall–Kier alpha value is -5.66. The predicted octanol–water partition coefficient (Wildman–Crippen LogP) is 10.5. The Bertz CT molecular complexity index is 2940. The number of aryl methyl sites for hydroxylation is 2. The molecule has 0 bridgehead atoms. The topological polar surface area (TPSA) is 213 Å². The van der Waals surface area contributed by atoms with Crippen LogP contribution >= 0.6 is 0 Å². The molecule has 1 saturated carbocycles. The lowest BCUT2D eigenvalue weighted by Crippen LogP contribution is -2.36. The van der Waals surface area contributed by atoms with Gasteiger partial charge in [-0.05, 0) is 110 Å². The van der Waals surface area contributed by atoms with Crippen molar-refractivity contribution < 1.29 is 44.2 Å². The highest BCUT2D eigenvalue weighted by Crippen LogP contribution is 2.40. The Morgan fingerprint density at radius 3 is 1.32 bits per heavy atom. The summed E-state index contributed by atoms with van der Waals surface area (Å²) in [6.45, 7) is 24.6. The maximum Gasteiger partial charge on any atom is 0.262 e. The number of anilines is 3. The molecule has 3 aliphatic heterocycles. The van der Waals surface area contributed by atoms with E-state index in [9.17, 15) is 25.3 Å². The Morgan fingerprint density at radius 2 is 0.933 bits per heavy atom. The van der Waals surface area contributed by atoms with Crippen molar-refractivity contribution in [3.05, 3.63) is 113 Å². The van der Waals surface area contributed by atoms with Crippen molar-refractivity contribution in [1.29, 1.82) is 0 Å². The van der Waals surface area contributed by atoms with Crippen LogP contribution in [-0.4, -0.2) is 99.5 Å². The van der Waals surface area contributed by atoms with Gasteiger partial charge >= 0.3 is 0 Å². The van der Waals surface area contributed by atoms with Gasteiger partial charge in [-0.25, -0.2) is 40.2 Å². The third kappa shape index (κ3) is 15.9. The number of ether oxygens (including phenoxy) is 4. The van der Waals surface area contributed by atoms with E-state index in [2.05, 4.69) is 86.5 Å². The van der Waals surface area contributed by atoms with Crippen molar-refractivity contribution in [2.75, 3.05) is 46.5 Å². The van der Waals surface area contributed by atoms with E-state index >= 15 is 0 Å². The second-order valence-electron chi connectivity index (χ2n) is 21.5. The minimum Gasteiger partial charge on any atom is -0.488 e. The summed E-state index contributed by atoms with van der Waals surface area (Å²) in [4.78, 5) is 14.1. The molecule has 16 nitrogen and oxygen atoms in total. The van der Waals surface area contributed by atoms with E-state index in [0.717, 1.165) is 36.5 Å². The van der Waals surface area contributed by atoms with Gasteiger partial charge in [-0.15, -0.1) is 0 Å². The zero-order valence-electron chi connectivity index (χ0n) is 45.7. The SMILES string of the molecule is CC(C)[C@H]1CC[C@H](C)C[C@@H]1Oc1cccc(C2=N[C@@H](C(C)C)CO2)c1NS(=O)(=O)c1ccccc1.Cc1cccc(C2=N[C@@H](C(C)C)CO2)c1NS(C)(=O)=O.Cc1cccc(C2=N[C@H](C(C)C)CO2)c1NS(C)(=O)=O. The minimum absolute atomic E-state index is 0.0174. The molecule has 3 N–H and O–H groups in total. The van der Waals surface area contributed by atoms with Crippen LogP contribution in [0.1, 0.15) is 109 Å². The van der Waals surface area contributed by atoms with Gasteiger partial charge in [0.05, 0.1) is 63.6 Å². The molecular weight excluding hydrogens is 1010 g/mol. The quantitative estimate of drug-likeness (QED) is 0.0966. The number of rotatable bonds is 16. The summed E-state index contributed by atoms with van der Waals surface area (Å²) in [5, 5.41) is 0. The molecule has 0 saturated heterocycles. The first kappa shape index (κ1) is 58.6. The predicted molar refractivity (Wildman–Crippen MR) is 302 cm³/mol. The normalized spacial score (nSPS) is 21.6. The zero-order chi connectivity index (χ0) is 55.0.